The number of amides is 6. The molecule has 0 spiro atoms. The molecule has 0 saturated carbocycles. The molecule has 0 radical (unpaired) electrons. The fraction of sp³-hybridized carbons (Fsp3) is 0.250. The molecule has 0 bridgehead atoms. The molecule has 3 aromatic carbocycles. The lowest BCUT2D eigenvalue weighted by molar-refractivity contribution is -0.153. The molecule has 0 aliphatic carbocycles. The second kappa shape index (κ2) is 15.8. The van der Waals surface area contributed by atoms with Crippen LogP contribution in [0, 0.1) is 17.5 Å². The molecule has 2 heterocycles. The van der Waals surface area contributed by atoms with Crippen molar-refractivity contribution in [1.82, 2.24) is 25.8 Å². The van der Waals surface area contributed by atoms with Gasteiger partial charge in [0.1, 0.15) is 34.7 Å². The fourth-order valence-corrected chi connectivity index (χ4v) is 5.93. The van der Waals surface area contributed by atoms with Gasteiger partial charge >= 0.3 is 30.9 Å². The molecule has 2 atom stereocenters. The molecule has 8 N–H and O–H groups in total. The van der Waals surface area contributed by atoms with Gasteiger partial charge in [-0.05, 0) is 42.7 Å². The van der Waals surface area contributed by atoms with Crippen molar-refractivity contribution in [3.05, 3.63) is 81.1 Å². The van der Waals surface area contributed by atoms with Crippen molar-refractivity contribution in [2.75, 3.05) is 26.2 Å². The number of benzene rings is 3. The number of aromatic carboxylic acids is 1. The van der Waals surface area contributed by atoms with Crippen LogP contribution in [0.5, 0.6) is 23.0 Å². The average molecular weight is 778 g/mol. The molecule has 6 amide bonds. The van der Waals surface area contributed by atoms with Gasteiger partial charge in [0.25, 0.3) is 5.91 Å². The number of hydrogen-bond acceptors (Lipinski definition) is 11. The monoisotopic (exact) mass is 777 g/mol. The van der Waals surface area contributed by atoms with Gasteiger partial charge in [0.2, 0.25) is 5.91 Å². The lowest BCUT2D eigenvalue weighted by Gasteiger charge is -2.34. The molecular formula is C32H28BClF3N5O12. The summed E-state index contributed by atoms with van der Waals surface area (Å²) < 4.78 is 47.9. The SMILES string of the molecule is O=C(NCCCN1CCN(C(=O)N[C@H](C(=O)N[C@H]2Cc3ccc(F)c(C(=O)O)c3OB2O)c2cc(F)c(O)c(O)c2Cl)C(=O)C1=O)c1ccc(O)cc1F. The van der Waals surface area contributed by atoms with Crippen LogP contribution in [-0.2, 0) is 20.8 Å². The molecule has 3 aromatic rings. The van der Waals surface area contributed by atoms with Crippen LogP contribution in [0.2, 0.25) is 5.02 Å². The highest BCUT2D eigenvalue weighted by molar-refractivity contribution is 6.47. The third kappa shape index (κ3) is 7.90. The molecule has 2 aliphatic heterocycles. The Morgan fingerprint density at radius 3 is 2.37 bits per heavy atom. The Kier molecular flexibility index (Phi) is 11.4. The summed E-state index contributed by atoms with van der Waals surface area (Å²) in [6.07, 6.45) is -0.250. The number of carboxylic acid groups (broad SMARTS) is 1. The molecule has 284 valence electrons. The van der Waals surface area contributed by atoms with Gasteiger partial charge in [0, 0.05) is 37.8 Å². The molecule has 0 unspecified atom stereocenters. The van der Waals surface area contributed by atoms with Gasteiger partial charge in [0.15, 0.2) is 17.3 Å². The zero-order valence-corrected chi connectivity index (χ0v) is 28.2. The van der Waals surface area contributed by atoms with Gasteiger partial charge in [-0.25, -0.2) is 22.8 Å². The van der Waals surface area contributed by atoms with Gasteiger partial charge in [-0.3, -0.25) is 24.1 Å². The molecule has 54 heavy (non-hydrogen) atoms. The zero-order valence-electron chi connectivity index (χ0n) is 27.4. The molecule has 0 aromatic heterocycles. The number of hydrogen-bond donors (Lipinski definition) is 8. The lowest BCUT2D eigenvalue weighted by atomic mass is 9.72. The van der Waals surface area contributed by atoms with Crippen molar-refractivity contribution in [3.63, 3.8) is 0 Å². The number of phenols is 3. The summed E-state index contributed by atoms with van der Waals surface area (Å²) in [7, 11) is -1.99. The topological polar surface area (TPSA) is 255 Å². The summed E-state index contributed by atoms with van der Waals surface area (Å²) in [4.78, 5) is 78.3. The van der Waals surface area contributed by atoms with E-state index in [1.165, 1.54) is 0 Å². The maximum Gasteiger partial charge on any atom is 0.547 e. The Labute approximate surface area is 307 Å². The number of carboxylic acids is 1. The van der Waals surface area contributed by atoms with Crippen LogP contribution in [-0.4, -0.2) is 110 Å². The van der Waals surface area contributed by atoms with Crippen molar-refractivity contribution < 1.29 is 72.0 Å². The Morgan fingerprint density at radius 2 is 1.69 bits per heavy atom. The first-order valence-corrected chi connectivity index (χ1v) is 16.2. The molecule has 2 aliphatic rings. The minimum absolute atomic E-state index is 0.0481. The normalized spacial score (nSPS) is 15.9. The van der Waals surface area contributed by atoms with Gasteiger partial charge in [-0.15, -0.1) is 0 Å². The van der Waals surface area contributed by atoms with Gasteiger partial charge in [-0.1, -0.05) is 17.7 Å². The van der Waals surface area contributed by atoms with Crippen molar-refractivity contribution in [2.45, 2.75) is 24.8 Å². The number of imide groups is 1. The van der Waals surface area contributed by atoms with Crippen molar-refractivity contribution >= 4 is 54.3 Å². The number of fused-ring (bicyclic) bond motifs is 1. The Morgan fingerprint density at radius 1 is 0.963 bits per heavy atom. The minimum atomic E-state index is -2.09. The van der Waals surface area contributed by atoms with Crippen LogP contribution < -0.4 is 20.6 Å². The number of nitrogens with one attached hydrogen (secondary N) is 3. The Bertz CT molecular complexity index is 2080. The summed E-state index contributed by atoms with van der Waals surface area (Å²) in [6, 6.07) is 1.94. The third-order valence-corrected chi connectivity index (χ3v) is 8.83. The number of carbonyl (C=O) groups excluding carboxylic acids is 5. The Balaban J connectivity index is 1.28. The van der Waals surface area contributed by atoms with Crippen LogP contribution in [0.3, 0.4) is 0 Å². The second-order valence-corrected chi connectivity index (χ2v) is 12.3. The molecular weight excluding hydrogens is 750 g/mol. The number of rotatable bonds is 10. The summed E-state index contributed by atoms with van der Waals surface area (Å²) in [5.41, 5.74) is -1.82. The molecule has 1 fully saturated rings. The van der Waals surface area contributed by atoms with Gasteiger partial charge < -0.3 is 51.0 Å². The summed E-state index contributed by atoms with van der Waals surface area (Å²) in [5, 5.41) is 55.3. The number of piperazine rings is 1. The maximum absolute atomic E-state index is 14.6. The Hall–Kier alpha value is -6.22. The molecule has 17 nitrogen and oxygen atoms in total. The van der Waals surface area contributed by atoms with Gasteiger partial charge in [0.05, 0.1) is 16.5 Å². The first-order chi connectivity index (χ1) is 25.5. The van der Waals surface area contributed by atoms with E-state index in [-0.39, 0.29) is 49.4 Å². The fourth-order valence-electron chi connectivity index (χ4n) is 5.68. The van der Waals surface area contributed by atoms with E-state index in [4.69, 9.17) is 16.3 Å². The van der Waals surface area contributed by atoms with Crippen molar-refractivity contribution in [3.8, 4) is 23.0 Å². The van der Waals surface area contributed by atoms with E-state index in [2.05, 4.69) is 16.0 Å². The maximum atomic E-state index is 14.6. The quantitative estimate of drug-likeness (QED) is 0.0620. The number of phenolic OH excluding ortho intramolecular Hbond substituents is 3. The smallest absolute Gasteiger partial charge is 0.534 e. The van der Waals surface area contributed by atoms with E-state index in [9.17, 15) is 67.4 Å². The highest BCUT2D eigenvalue weighted by Gasteiger charge is 2.42. The predicted molar refractivity (Wildman–Crippen MR) is 177 cm³/mol. The van der Waals surface area contributed by atoms with Crippen molar-refractivity contribution in [1.29, 1.82) is 0 Å². The highest BCUT2D eigenvalue weighted by atomic mass is 35.5. The van der Waals surface area contributed by atoms with E-state index in [1.807, 2.05) is 0 Å². The minimum Gasteiger partial charge on any atom is -0.534 e. The first kappa shape index (κ1) is 39.0. The highest BCUT2D eigenvalue weighted by Crippen LogP contribution is 2.40. The number of aromatic hydroxyl groups is 3. The zero-order chi connectivity index (χ0) is 39.6. The van der Waals surface area contributed by atoms with E-state index >= 15 is 0 Å². The summed E-state index contributed by atoms with van der Waals surface area (Å²) in [6.45, 7) is -0.776. The number of urea groups is 1. The molecule has 1 saturated heterocycles. The number of nitrogens with zero attached hydrogens (tertiary/aromatic N) is 2. The standard InChI is InChI=1S/C32H28BClF3N5O12/c34-22-16(12-19(37)24(44)25(22)45)23(28(47)39-20-10-13-2-5-17(35)21(31(50)51)26(13)54-33(20)53)40-32(52)42-9-8-41(29(48)30(42)49)7-1-6-38-27(46)15-4-3-14(43)11-18(15)36/h2-5,11-12,20,23,43-45,53H,1,6-10H2,(H,38,46)(H,39,47)(H,40,52)(H,50,51)/t20-,23-/m0/s1. The molecule has 5 rings (SSSR count). The van der Waals surface area contributed by atoms with Crippen LogP contribution in [0.15, 0.2) is 36.4 Å². The predicted octanol–water partition coefficient (Wildman–Crippen LogP) is 0.954. The average Bonchev–Trinajstić information content (AvgIpc) is 3.11. The van der Waals surface area contributed by atoms with Crippen LogP contribution in [0.1, 0.15) is 44.3 Å². The summed E-state index contributed by atoms with van der Waals surface area (Å²) >= 11 is 6.11. The van der Waals surface area contributed by atoms with Crippen molar-refractivity contribution in [2.24, 2.45) is 0 Å². The van der Waals surface area contributed by atoms with E-state index in [1.54, 1.807) is 0 Å². The summed E-state index contributed by atoms with van der Waals surface area (Å²) in [5.74, 6) is -14.7. The van der Waals surface area contributed by atoms with Gasteiger partial charge in [-0.2, -0.15) is 0 Å². The van der Waals surface area contributed by atoms with E-state index in [0.717, 1.165) is 35.2 Å². The van der Waals surface area contributed by atoms with E-state index in [0.29, 0.717) is 11.0 Å². The van der Waals surface area contributed by atoms with Crippen LogP contribution in [0.4, 0.5) is 18.0 Å². The largest absolute Gasteiger partial charge is 0.547 e. The lowest BCUT2D eigenvalue weighted by Crippen LogP contribution is -2.60. The number of halogens is 4. The third-order valence-electron chi connectivity index (χ3n) is 8.43. The number of carbonyl (C=O) groups is 6. The second-order valence-electron chi connectivity index (χ2n) is 11.9. The van der Waals surface area contributed by atoms with E-state index < -0.39 is 112 Å². The van der Waals surface area contributed by atoms with Crippen LogP contribution in [0.25, 0.3) is 0 Å². The van der Waals surface area contributed by atoms with Crippen LogP contribution >= 0.6 is 11.6 Å². The first-order valence-electron chi connectivity index (χ1n) is 15.8. The molecule has 22 heteroatoms.